The minimum absolute atomic E-state index is 0.00428. The number of likely N-dealkylation sites (tertiary alicyclic amines) is 1. The molecule has 3 nitrogen and oxygen atoms in total. The standard InChI is InChI=1S/C11H19NO2S/c1-9-7-10(13)12(11(14)8-9)5-3-2-4-6-15/h9,15H,2-8H2,1H3. The van der Waals surface area contributed by atoms with Crippen molar-refractivity contribution >= 4 is 24.4 Å². The van der Waals surface area contributed by atoms with Gasteiger partial charge >= 0.3 is 0 Å². The third-order valence-electron chi connectivity index (χ3n) is 2.69. The average molecular weight is 229 g/mol. The quantitative estimate of drug-likeness (QED) is 0.444. The molecule has 1 aliphatic rings. The highest BCUT2D eigenvalue weighted by molar-refractivity contribution is 7.80. The van der Waals surface area contributed by atoms with Crippen molar-refractivity contribution in [3.8, 4) is 0 Å². The van der Waals surface area contributed by atoms with Gasteiger partial charge in [0.2, 0.25) is 11.8 Å². The Bertz CT molecular complexity index is 225. The van der Waals surface area contributed by atoms with Crippen LogP contribution in [0.1, 0.15) is 39.0 Å². The molecule has 0 aromatic heterocycles. The number of amides is 2. The van der Waals surface area contributed by atoms with Gasteiger partial charge in [0.15, 0.2) is 0 Å². The van der Waals surface area contributed by atoms with Crippen LogP contribution in [0.2, 0.25) is 0 Å². The van der Waals surface area contributed by atoms with Gasteiger partial charge in [-0.25, -0.2) is 0 Å². The van der Waals surface area contributed by atoms with Crippen molar-refractivity contribution < 1.29 is 9.59 Å². The third kappa shape index (κ3) is 3.86. The average Bonchev–Trinajstić information content (AvgIpc) is 2.15. The van der Waals surface area contributed by atoms with Gasteiger partial charge in [0.05, 0.1) is 0 Å². The second kappa shape index (κ2) is 6.16. The molecule has 0 bridgehead atoms. The smallest absolute Gasteiger partial charge is 0.229 e. The highest BCUT2D eigenvalue weighted by atomic mass is 32.1. The van der Waals surface area contributed by atoms with Gasteiger partial charge in [0.1, 0.15) is 0 Å². The Morgan fingerprint density at radius 1 is 1.20 bits per heavy atom. The fourth-order valence-electron chi connectivity index (χ4n) is 1.84. The summed E-state index contributed by atoms with van der Waals surface area (Å²) in [5, 5.41) is 0. The first-order valence-electron chi connectivity index (χ1n) is 5.59. The highest BCUT2D eigenvalue weighted by Gasteiger charge is 2.29. The number of hydrogen-bond donors (Lipinski definition) is 1. The summed E-state index contributed by atoms with van der Waals surface area (Å²) in [6.07, 6.45) is 4.05. The van der Waals surface area contributed by atoms with Gasteiger partial charge in [-0.3, -0.25) is 14.5 Å². The molecule has 1 heterocycles. The molecule has 0 atom stereocenters. The summed E-state index contributed by atoms with van der Waals surface area (Å²) in [5.74, 6) is 1.10. The first kappa shape index (κ1) is 12.6. The van der Waals surface area contributed by atoms with Crippen LogP contribution in [0.4, 0.5) is 0 Å². The normalized spacial score (nSPS) is 18.7. The van der Waals surface area contributed by atoms with Crippen molar-refractivity contribution in [2.45, 2.75) is 39.0 Å². The van der Waals surface area contributed by atoms with Crippen LogP contribution >= 0.6 is 12.6 Å². The fraction of sp³-hybridized carbons (Fsp3) is 0.818. The lowest BCUT2D eigenvalue weighted by atomic mass is 9.97. The number of carbonyl (C=O) groups is 2. The third-order valence-corrected chi connectivity index (χ3v) is 3.00. The van der Waals surface area contributed by atoms with Crippen LogP contribution in [-0.2, 0) is 9.59 Å². The van der Waals surface area contributed by atoms with E-state index < -0.39 is 0 Å². The second-order valence-electron chi connectivity index (χ2n) is 4.24. The van der Waals surface area contributed by atoms with E-state index in [1.165, 1.54) is 4.90 Å². The van der Waals surface area contributed by atoms with Gasteiger partial charge in [-0.1, -0.05) is 13.3 Å². The van der Waals surface area contributed by atoms with Gasteiger partial charge in [0, 0.05) is 19.4 Å². The first-order valence-corrected chi connectivity index (χ1v) is 6.22. The van der Waals surface area contributed by atoms with Crippen LogP contribution in [0.5, 0.6) is 0 Å². The lowest BCUT2D eigenvalue weighted by molar-refractivity contribution is -0.149. The Balaban J connectivity index is 2.33. The van der Waals surface area contributed by atoms with Gasteiger partial charge in [-0.15, -0.1) is 0 Å². The zero-order valence-electron chi connectivity index (χ0n) is 9.24. The largest absolute Gasteiger partial charge is 0.283 e. The number of imide groups is 1. The van der Waals surface area contributed by atoms with Crippen LogP contribution < -0.4 is 0 Å². The number of hydrogen-bond acceptors (Lipinski definition) is 3. The molecule has 1 saturated heterocycles. The Morgan fingerprint density at radius 3 is 2.33 bits per heavy atom. The molecule has 0 aliphatic carbocycles. The molecule has 0 unspecified atom stereocenters. The number of unbranched alkanes of at least 4 members (excludes halogenated alkanes) is 2. The van der Waals surface area contributed by atoms with E-state index in [0.717, 1.165) is 25.0 Å². The van der Waals surface area contributed by atoms with Crippen molar-refractivity contribution in [3.05, 3.63) is 0 Å². The van der Waals surface area contributed by atoms with E-state index in [2.05, 4.69) is 12.6 Å². The molecule has 2 amide bonds. The maximum Gasteiger partial charge on any atom is 0.229 e. The van der Waals surface area contributed by atoms with E-state index in [-0.39, 0.29) is 17.7 Å². The van der Waals surface area contributed by atoms with E-state index in [4.69, 9.17) is 0 Å². The summed E-state index contributed by atoms with van der Waals surface area (Å²) in [6, 6.07) is 0. The van der Waals surface area contributed by atoms with Gasteiger partial charge in [0.25, 0.3) is 0 Å². The van der Waals surface area contributed by atoms with Crippen LogP contribution in [0.25, 0.3) is 0 Å². The molecular formula is C11H19NO2S. The number of rotatable bonds is 5. The van der Waals surface area contributed by atoms with E-state index in [1.807, 2.05) is 6.92 Å². The second-order valence-corrected chi connectivity index (χ2v) is 4.68. The SMILES string of the molecule is CC1CC(=O)N(CCCCCS)C(=O)C1. The van der Waals surface area contributed by atoms with E-state index in [1.54, 1.807) is 0 Å². The van der Waals surface area contributed by atoms with Crippen LogP contribution in [0, 0.1) is 5.92 Å². The fourth-order valence-corrected chi connectivity index (χ4v) is 2.06. The summed E-state index contributed by atoms with van der Waals surface area (Å²) in [7, 11) is 0. The van der Waals surface area contributed by atoms with Crippen molar-refractivity contribution in [1.29, 1.82) is 0 Å². The zero-order valence-corrected chi connectivity index (χ0v) is 10.1. The number of thiol groups is 1. The maximum absolute atomic E-state index is 11.6. The van der Waals surface area contributed by atoms with Crippen molar-refractivity contribution in [2.24, 2.45) is 5.92 Å². The molecule has 1 fully saturated rings. The Labute approximate surface area is 96.6 Å². The number of nitrogens with zero attached hydrogens (tertiary/aromatic N) is 1. The summed E-state index contributed by atoms with van der Waals surface area (Å²) >= 11 is 4.12. The lowest BCUT2D eigenvalue weighted by Crippen LogP contribution is -2.43. The first-order chi connectivity index (χ1) is 7.15. The Morgan fingerprint density at radius 2 is 1.80 bits per heavy atom. The summed E-state index contributed by atoms with van der Waals surface area (Å²) < 4.78 is 0. The summed E-state index contributed by atoms with van der Waals surface area (Å²) in [6.45, 7) is 2.55. The van der Waals surface area contributed by atoms with Crippen LogP contribution in [0.3, 0.4) is 0 Å². The van der Waals surface area contributed by atoms with E-state index in [9.17, 15) is 9.59 Å². The van der Waals surface area contributed by atoms with Crippen molar-refractivity contribution in [3.63, 3.8) is 0 Å². The van der Waals surface area contributed by atoms with E-state index >= 15 is 0 Å². The molecule has 0 saturated carbocycles. The molecule has 86 valence electrons. The Kier molecular flexibility index (Phi) is 5.15. The molecule has 15 heavy (non-hydrogen) atoms. The molecule has 0 aromatic carbocycles. The predicted molar refractivity (Wildman–Crippen MR) is 62.8 cm³/mol. The summed E-state index contributed by atoms with van der Waals surface area (Å²) in [5.41, 5.74) is 0. The zero-order chi connectivity index (χ0) is 11.3. The maximum atomic E-state index is 11.6. The molecule has 0 aromatic rings. The van der Waals surface area contributed by atoms with Gasteiger partial charge in [-0.2, -0.15) is 12.6 Å². The molecule has 0 radical (unpaired) electrons. The topological polar surface area (TPSA) is 37.4 Å². The van der Waals surface area contributed by atoms with Crippen LogP contribution in [0.15, 0.2) is 0 Å². The monoisotopic (exact) mass is 229 g/mol. The molecule has 0 N–H and O–H groups in total. The van der Waals surface area contributed by atoms with Gasteiger partial charge < -0.3 is 0 Å². The molecule has 1 rings (SSSR count). The lowest BCUT2D eigenvalue weighted by Gasteiger charge is -2.28. The minimum Gasteiger partial charge on any atom is -0.283 e. The van der Waals surface area contributed by atoms with Crippen LogP contribution in [-0.4, -0.2) is 29.0 Å². The van der Waals surface area contributed by atoms with E-state index in [0.29, 0.717) is 19.4 Å². The Hall–Kier alpha value is -0.510. The molecular weight excluding hydrogens is 210 g/mol. The minimum atomic E-state index is 0.00428. The highest BCUT2D eigenvalue weighted by Crippen LogP contribution is 2.19. The van der Waals surface area contributed by atoms with Crippen molar-refractivity contribution in [1.82, 2.24) is 4.90 Å². The number of piperidine rings is 1. The van der Waals surface area contributed by atoms with Gasteiger partial charge in [-0.05, 0) is 24.5 Å². The number of carbonyl (C=O) groups excluding carboxylic acids is 2. The molecule has 1 aliphatic heterocycles. The molecule has 0 spiro atoms. The molecule has 4 heteroatoms. The summed E-state index contributed by atoms with van der Waals surface area (Å²) in [4.78, 5) is 24.6. The van der Waals surface area contributed by atoms with Crippen molar-refractivity contribution in [2.75, 3.05) is 12.3 Å². The predicted octanol–water partition coefficient (Wildman–Crippen LogP) is 1.87.